The van der Waals surface area contributed by atoms with Gasteiger partial charge in [-0.25, -0.2) is 0 Å². The van der Waals surface area contributed by atoms with E-state index < -0.39 is 0 Å². The maximum atomic E-state index is 3.69. The average molecular weight is 270 g/mol. The minimum Gasteiger partial charge on any atom is -0.314 e. The van der Waals surface area contributed by atoms with Crippen LogP contribution in [0.5, 0.6) is 0 Å². The number of hydrogen-bond donors (Lipinski definition) is 1. The van der Waals surface area contributed by atoms with E-state index in [1.807, 2.05) is 0 Å². The molecule has 0 aromatic rings. The Morgan fingerprint density at radius 3 is 1.84 bits per heavy atom. The van der Waals surface area contributed by atoms with Gasteiger partial charge >= 0.3 is 0 Å². The van der Waals surface area contributed by atoms with Crippen LogP contribution >= 0.6 is 0 Å². The number of rotatable bonds is 9. The van der Waals surface area contributed by atoms with E-state index in [9.17, 15) is 0 Å². The maximum absolute atomic E-state index is 3.69. The molecule has 0 spiro atoms. The van der Waals surface area contributed by atoms with Crippen LogP contribution in [0.3, 0.4) is 0 Å². The molecule has 0 aromatic heterocycles. The highest BCUT2D eigenvalue weighted by atomic mass is 14.9. The van der Waals surface area contributed by atoms with E-state index in [0.717, 1.165) is 17.8 Å². The minimum atomic E-state index is 0.479. The molecule has 0 aliphatic heterocycles. The summed E-state index contributed by atoms with van der Waals surface area (Å²) in [6.07, 6.45) is 5.36. The van der Waals surface area contributed by atoms with Crippen LogP contribution in [0.25, 0.3) is 0 Å². The Morgan fingerprint density at radius 1 is 0.842 bits per heavy atom. The third kappa shape index (κ3) is 12.7. The molecule has 3 unspecified atom stereocenters. The highest BCUT2D eigenvalue weighted by Crippen LogP contribution is 2.27. The van der Waals surface area contributed by atoms with Gasteiger partial charge in [0.2, 0.25) is 0 Å². The molecular weight excluding hydrogens is 230 g/mol. The quantitative estimate of drug-likeness (QED) is 0.583. The lowest BCUT2D eigenvalue weighted by atomic mass is 9.82. The van der Waals surface area contributed by atoms with Gasteiger partial charge in [0, 0.05) is 6.04 Å². The second kappa shape index (κ2) is 9.00. The smallest absolute Gasteiger partial charge is 0.00412 e. The number of nitrogens with one attached hydrogen (secondary N) is 1. The van der Waals surface area contributed by atoms with Gasteiger partial charge in [0.1, 0.15) is 0 Å². The van der Waals surface area contributed by atoms with Gasteiger partial charge in [0.25, 0.3) is 0 Å². The van der Waals surface area contributed by atoms with Gasteiger partial charge in [0.05, 0.1) is 0 Å². The first-order valence-electron chi connectivity index (χ1n) is 8.33. The average Bonchev–Trinajstić information content (AvgIpc) is 2.20. The zero-order valence-corrected chi connectivity index (χ0v) is 14.8. The Kier molecular flexibility index (Phi) is 8.98. The summed E-state index contributed by atoms with van der Waals surface area (Å²) >= 11 is 0. The van der Waals surface area contributed by atoms with Gasteiger partial charge in [-0.3, -0.25) is 0 Å². The van der Waals surface area contributed by atoms with Crippen LogP contribution in [0, 0.1) is 23.2 Å². The molecule has 0 saturated heterocycles. The van der Waals surface area contributed by atoms with Gasteiger partial charge in [-0.15, -0.1) is 0 Å². The Hall–Kier alpha value is -0.0400. The molecular formula is C18H39N. The Morgan fingerprint density at radius 2 is 1.37 bits per heavy atom. The molecule has 0 rings (SSSR count). The van der Waals surface area contributed by atoms with Gasteiger partial charge in [-0.1, -0.05) is 54.9 Å². The fourth-order valence-corrected chi connectivity index (χ4v) is 3.01. The van der Waals surface area contributed by atoms with Gasteiger partial charge < -0.3 is 5.32 Å². The first-order chi connectivity index (χ1) is 8.60. The Bertz CT molecular complexity index is 214. The maximum Gasteiger partial charge on any atom is 0.00412 e. The van der Waals surface area contributed by atoms with Crippen LogP contribution in [0.4, 0.5) is 0 Å². The first-order valence-corrected chi connectivity index (χ1v) is 8.33. The SMILES string of the molecule is CC(C)CC(C)NCC(C)CCC(C)CC(C)(C)C. The predicted molar refractivity (Wildman–Crippen MR) is 88.6 cm³/mol. The van der Waals surface area contributed by atoms with Gasteiger partial charge in [0.15, 0.2) is 0 Å². The van der Waals surface area contributed by atoms with E-state index in [2.05, 4.69) is 60.7 Å². The van der Waals surface area contributed by atoms with Crippen molar-refractivity contribution in [2.45, 2.75) is 87.1 Å². The van der Waals surface area contributed by atoms with Crippen molar-refractivity contribution < 1.29 is 0 Å². The molecule has 116 valence electrons. The molecule has 0 fully saturated rings. The van der Waals surface area contributed by atoms with Crippen LogP contribution in [0.15, 0.2) is 0 Å². The lowest BCUT2D eigenvalue weighted by molar-refractivity contribution is 0.280. The summed E-state index contributed by atoms with van der Waals surface area (Å²) in [4.78, 5) is 0. The fourth-order valence-electron chi connectivity index (χ4n) is 3.01. The zero-order valence-electron chi connectivity index (χ0n) is 14.8. The molecule has 0 heterocycles. The molecule has 0 amide bonds. The zero-order chi connectivity index (χ0) is 15.1. The molecule has 1 heteroatoms. The van der Waals surface area contributed by atoms with E-state index in [1.54, 1.807) is 0 Å². The monoisotopic (exact) mass is 269 g/mol. The minimum absolute atomic E-state index is 0.479. The molecule has 0 saturated carbocycles. The second-order valence-corrected chi connectivity index (χ2v) is 8.49. The van der Waals surface area contributed by atoms with Crippen molar-refractivity contribution >= 4 is 0 Å². The summed E-state index contributed by atoms with van der Waals surface area (Å²) in [7, 11) is 0. The Labute approximate surface area is 122 Å². The van der Waals surface area contributed by atoms with E-state index in [4.69, 9.17) is 0 Å². The van der Waals surface area contributed by atoms with E-state index in [-0.39, 0.29) is 0 Å². The van der Waals surface area contributed by atoms with Crippen LogP contribution < -0.4 is 5.32 Å². The summed E-state index contributed by atoms with van der Waals surface area (Å²) in [5.41, 5.74) is 0.479. The topological polar surface area (TPSA) is 12.0 Å². The highest BCUT2D eigenvalue weighted by Gasteiger charge is 2.16. The lowest BCUT2D eigenvalue weighted by Gasteiger charge is -2.24. The van der Waals surface area contributed by atoms with Crippen molar-refractivity contribution in [1.29, 1.82) is 0 Å². The van der Waals surface area contributed by atoms with E-state index >= 15 is 0 Å². The van der Waals surface area contributed by atoms with Crippen LogP contribution in [0.1, 0.15) is 81.1 Å². The van der Waals surface area contributed by atoms with Crippen molar-refractivity contribution in [2.75, 3.05) is 6.54 Å². The van der Waals surface area contributed by atoms with Crippen molar-refractivity contribution in [3.8, 4) is 0 Å². The summed E-state index contributed by atoms with van der Waals surface area (Å²) in [5.74, 6) is 2.46. The molecule has 0 aliphatic rings. The molecule has 19 heavy (non-hydrogen) atoms. The van der Waals surface area contributed by atoms with Gasteiger partial charge in [-0.05, 0) is 55.9 Å². The summed E-state index contributed by atoms with van der Waals surface area (Å²) < 4.78 is 0. The molecule has 0 bridgehead atoms. The van der Waals surface area contributed by atoms with Crippen molar-refractivity contribution in [1.82, 2.24) is 5.32 Å². The molecule has 0 aromatic carbocycles. The summed E-state index contributed by atoms with van der Waals surface area (Å²) in [6, 6.07) is 0.662. The fraction of sp³-hybridized carbons (Fsp3) is 1.00. The third-order valence-corrected chi connectivity index (χ3v) is 3.75. The van der Waals surface area contributed by atoms with Crippen molar-refractivity contribution in [2.24, 2.45) is 23.2 Å². The molecule has 0 radical (unpaired) electrons. The molecule has 3 atom stereocenters. The van der Waals surface area contributed by atoms with Crippen LogP contribution in [-0.2, 0) is 0 Å². The lowest BCUT2D eigenvalue weighted by Crippen LogP contribution is -2.31. The molecule has 1 nitrogen and oxygen atoms in total. The molecule has 1 N–H and O–H groups in total. The van der Waals surface area contributed by atoms with Crippen LogP contribution in [-0.4, -0.2) is 12.6 Å². The van der Waals surface area contributed by atoms with Gasteiger partial charge in [-0.2, -0.15) is 0 Å². The largest absolute Gasteiger partial charge is 0.314 e. The highest BCUT2D eigenvalue weighted by molar-refractivity contribution is 4.69. The first kappa shape index (κ1) is 19.0. The summed E-state index contributed by atoms with van der Waals surface area (Å²) in [6.45, 7) is 19.9. The standard InChI is InChI=1S/C18H39N/c1-14(2)11-17(5)19-13-16(4)10-9-15(3)12-18(6,7)8/h14-17,19H,9-13H2,1-8H3. The van der Waals surface area contributed by atoms with Crippen LogP contribution in [0.2, 0.25) is 0 Å². The number of hydrogen-bond acceptors (Lipinski definition) is 1. The molecule has 0 aliphatic carbocycles. The third-order valence-electron chi connectivity index (χ3n) is 3.75. The predicted octanol–water partition coefficient (Wildman–Crippen LogP) is 5.50. The van der Waals surface area contributed by atoms with E-state index in [1.165, 1.54) is 32.2 Å². The normalized spacial score (nSPS) is 17.5. The van der Waals surface area contributed by atoms with E-state index in [0.29, 0.717) is 11.5 Å². The van der Waals surface area contributed by atoms with Crippen molar-refractivity contribution in [3.05, 3.63) is 0 Å². The summed E-state index contributed by atoms with van der Waals surface area (Å²) in [5, 5.41) is 3.69. The second-order valence-electron chi connectivity index (χ2n) is 8.49. The Balaban J connectivity index is 3.72. The van der Waals surface area contributed by atoms with Crippen molar-refractivity contribution in [3.63, 3.8) is 0 Å².